The van der Waals surface area contributed by atoms with Gasteiger partial charge in [0.1, 0.15) is 5.78 Å². The van der Waals surface area contributed by atoms with Crippen molar-refractivity contribution in [2.75, 3.05) is 13.6 Å². The van der Waals surface area contributed by atoms with Crippen LogP contribution in [0.2, 0.25) is 0 Å². The summed E-state index contributed by atoms with van der Waals surface area (Å²) in [7, 11) is 2.11. The molecule has 0 amide bonds. The van der Waals surface area contributed by atoms with Crippen LogP contribution in [0.1, 0.15) is 31.2 Å². The van der Waals surface area contributed by atoms with E-state index in [2.05, 4.69) is 16.9 Å². The zero-order chi connectivity index (χ0) is 12.1. The molecule has 1 saturated carbocycles. The highest BCUT2D eigenvalue weighted by Gasteiger charge is 2.23. The number of Topliss-reactive ketones (excluding diaryl/α,β-unsaturated/α-hetero) is 1. The van der Waals surface area contributed by atoms with Crippen LogP contribution >= 0.6 is 0 Å². The lowest BCUT2D eigenvalue weighted by molar-refractivity contribution is -0.120. The summed E-state index contributed by atoms with van der Waals surface area (Å²) in [5.74, 6) is 0.803. The normalized spacial score (nSPS) is 20.1. The molecule has 0 N–H and O–H groups in total. The summed E-state index contributed by atoms with van der Waals surface area (Å²) in [6.07, 6.45) is 7.66. The Morgan fingerprint density at radius 3 is 2.82 bits per heavy atom. The van der Waals surface area contributed by atoms with Crippen LogP contribution in [0.25, 0.3) is 0 Å². The molecule has 1 aromatic heterocycles. The Hall–Kier alpha value is -1.22. The van der Waals surface area contributed by atoms with Crippen molar-refractivity contribution < 1.29 is 4.79 Å². The molecule has 1 aliphatic carbocycles. The summed E-state index contributed by atoms with van der Waals surface area (Å²) in [6, 6.07) is 4.08. The minimum absolute atomic E-state index is 0.329. The molecular formula is C14H20N2O. The van der Waals surface area contributed by atoms with Crippen molar-refractivity contribution in [3.8, 4) is 0 Å². The Morgan fingerprint density at radius 1 is 1.41 bits per heavy atom. The van der Waals surface area contributed by atoms with E-state index in [9.17, 15) is 4.79 Å². The molecule has 0 spiro atoms. The predicted molar refractivity (Wildman–Crippen MR) is 67.5 cm³/mol. The second-order valence-electron chi connectivity index (χ2n) is 4.94. The number of pyridine rings is 1. The largest absolute Gasteiger partial charge is 0.302 e. The average Bonchev–Trinajstić information content (AvgIpc) is 2.74. The molecule has 3 nitrogen and oxygen atoms in total. The Bertz CT molecular complexity index is 364. The first-order chi connectivity index (χ1) is 8.25. The van der Waals surface area contributed by atoms with Crippen molar-refractivity contribution in [2.45, 2.75) is 32.2 Å². The molecule has 0 saturated heterocycles. The van der Waals surface area contributed by atoms with Crippen molar-refractivity contribution in [2.24, 2.45) is 5.92 Å². The van der Waals surface area contributed by atoms with Crippen molar-refractivity contribution in [3.63, 3.8) is 0 Å². The van der Waals surface area contributed by atoms with Gasteiger partial charge in [-0.05, 0) is 50.6 Å². The van der Waals surface area contributed by atoms with Gasteiger partial charge in [-0.25, -0.2) is 0 Å². The van der Waals surface area contributed by atoms with Gasteiger partial charge in [0.15, 0.2) is 0 Å². The van der Waals surface area contributed by atoms with E-state index in [1.165, 1.54) is 5.56 Å². The third-order valence-electron chi connectivity index (χ3n) is 3.49. The van der Waals surface area contributed by atoms with E-state index < -0.39 is 0 Å². The van der Waals surface area contributed by atoms with Crippen LogP contribution in [0.15, 0.2) is 24.5 Å². The molecule has 92 valence electrons. The molecule has 1 unspecified atom stereocenters. The highest BCUT2D eigenvalue weighted by Crippen LogP contribution is 2.24. The summed E-state index contributed by atoms with van der Waals surface area (Å²) in [5.41, 5.74) is 1.28. The topological polar surface area (TPSA) is 33.2 Å². The molecule has 0 bridgehead atoms. The fourth-order valence-corrected chi connectivity index (χ4v) is 2.45. The van der Waals surface area contributed by atoms with Crippen LogP contribution in [-0.2, 0) is 11.3 Å². The van der Waals surface area contributed by atoms with Crippen molar-refractivity contribution in [1.82, 2.24) is 9.88 Å². The summed E-state index contributed by atoms with van der Waals surface area (Å²) >= 11 is 0. The standard InChI is InChI=1S/C14H20N2O/c1-16(11-12-5-8-15-9-6-12)10-7-13-3-2-4-14(13)17/h5-6,8-9,13H,2-4,7,10-11H2,1H3. The predicted octanol–water partition coefficient (Wildman–Crippen LogP) is 2.27. The van der Waals surface area contributed by atoms with Crippen LogP contribution in [0.5, 0.6) is 0 Å². The quantitative estimate of drug-likeness (QED) is 0.781. The first-order valence-electron chi connectivity index (χ1n) is 6.36. The molecule has 2 rings (SSSR count). The zero-order valence-corrected chi connectivity index (χ0v) is 10.4. The third-order valence-corrected chi connectivity index (χ3v) is 3.49. The van der Waals surface area contributed by atoms with Crippen LogP contribution in [0.4, 0.5) is 0 Å². The summed E-state index contributed by atoms with van der Waals surface area (Å²) in [4.78, 5) is 17.8. The molecule has 0 aromatic carbocycles. The van der Waals surface area contributed by atoms with E-state index in [-0.39, 0.29) is 0 Å². The van der Waals surface area contributed by atoms with E-state index >= 15 is 0 Å². The molecular weight excluding hydrogens is 212 g/mol. The van der Waals surface area contributed by atoms with Crippen LogP contribution < -0.4 is 0 Å². The first kappa shape index (κ1) is 12.2. The maximum atomic E-state index is 11.5. The van der Waals surface area contributed by atoms with Gasteiger partial charge >= 0.3 is 0 Å². The van der Waals surface area contributed by atoms with Gasteiger partial charge in [0.25, 0.3) is 0 Å². The number of nitrogens with zero attached hydrogens (tertiary/aromatic N) is 2. The monoisotopic (exact) mass is 232 g/mol. The number of aromatic nitrogens is 1. The second-order valence-corrected chi connectivity index (χ2v) is 4.94. The molecule has 3 heteroatoms. The molecule has 0 radical (unpaired) electrons. The number of hydrogen-bond acceptors (Lipinski definition) is 3. The molecule has 1 fully saturated rings. The molecule has 17 heavy (non-hydrogen) atoms. The van der Waals surface area contributed by atoms with Gasteiger partial charge in [0.05, 0.1) is 0 Å². The minimum Gasteiger partial charge on any atom is -0.302 e. The van der Waals surface area contributed by atoms with Gasteiger partial charge in [-0.15, -0.1) is 0 Å². The SMILES string of the molecule is CN(CCC1CCCC1=O)Cc1ccncc1. The maximum absolute atomic E-state index is 11.5. The van der Waals surface area contributed by atoms with Gasteiger partial charge in [-0.3, -0.25) is 9.78 Å². The highest BCUT2D eigenvalue weighted by atomic mass is 16.1. The number of rotatable bonds is 5. The molecule has 1 atom stereocenters. The average molecular weight is 232 g/mol. The van der Waals surface area contributed by atoms with E-state index in [4.69, 9.17) is 0 Å². The van der Waals surface area contributed by atoms with E-state index in [1.54, 1.807) is 0 Å². The molecule has 1 aromatic rings. The number of carbonyl (C=O) groups excluding carboxylic acids is 1. The van der Waals surface area contributed by atoms with Crippen LogP contribution in [-0.4, -0.2) is 29.3 Å². The lowest BCUT2D eigenvalue weighted by atomic mass is 10.0. The lowest BCUT2D eigenvalue weighted by Gasteiger charge is -2.18. The van der Waals surface area contributed by atoms with Gasteiger partial charge < -0.3 is 4.90 Å². The second kappa shape index (κ2) is 5.92. The Labute approximate surface area is 103 Å². The Morgan fingerprint density at radius 2 is 2.18 bits per heavy atom. The summed E-state index contributed by atoms with van der Waals surface area (Å²) < 4.78 is 0. The number of carbonyl (C=O) groups is 1. The van der Waals surface area contributed by atoms with Crippen LogP contribution in [0.3, 0.4) is 0 Å². The van der Waals surface area contributed by atoms with Gasteiger partial charge in [0, 0.05) is 31.3 Å². The van der Waals surface area contributed by atoms with Crippen molar-refractivity contribution >= 4 is 5.78 Å². The molecule has 1 aliphatic rings. The molecule has 0 aliphatic heterocycles. The van der Waals surface area contributed by atoms with E-state index in [0.717, 1.165) is 38.8 Å². The third kappa shape index (κ3) is 3.63. The van der Waals surface area contributed by atoms with E-state index in [0.29, 0.717) is 11.7 Å². The summed E-state index contributed by atoms with van der Waals surface area (Å²) in [6.45, 7) is 1.93. The summed E-state index contributed by atoms with van der Waals surface area (Å²) in [5, 5.41) is 0. The van der Waals surface area contributed by atoms with Crippen LogP contribution in [0, 0.1) is 5.92 Å². The molecule has 1 heterocycles. The van der Waals surface area contributed by atoms with Gasteiger partial charge in [0.2, 0.25) is 0 Å². The van der Waals surface area contributed by atoms with Crippen molar-refractivity contribution in [3.05, 3.63) is 30.1 Å². The highest BCUT2D eigenvalue weighted by molar-refractivity contribution is 5.82. The Kier molecular flexibility index (Phi) is 4.26. The lowest BCUT2D eigenvalue weighted by Crippen LogP contribution is -2.22. The van der Waals surface area contributed by atoms with Gasteiger partial charge in [-0.2, -0.15) is 0 Å². The number of hydrogen-bond donors (Lipinski definition) is 0. The smallest absolute Gasteiger partial charge is 0.136 e. The fraction of sp³-hybridized carbons (Fsp3) is 0.571. The first-order valence-corrected chi connectivity index (χ1v) is 6.36. The maximum Gasteiger partial charge on any atom is 0.136 e. The van der Waals surface area contributed by atoms with Gasteiger partial charge in [-0.1, -0.05) is 0 Å². The number of ketones is 1. The zero-order valence-electron chi connectivity index (χ0n) is 10.4. The fourth-order valence-electron chi connectivity index (χ4n) is 2.45. The van der Waals surface area contributed by atoms with E-state index in [1.807, 2.05) is 24.5 Å². The minimum atomic E-state index is 0.329. The Balaban J connectivity index is 1.74. The van der Waals surface area contributed by atoms with Crippen molar-refractivity contribution in [1.29, 1.82) is 0 Å².